The Morgan fingerprint density at radius 2 is 1.83 bits per heavy atom. The minimum absolute atomic E-state index is 0.102. The predicted molar refractivity (Wildman–Crippen MR) is 115 cm³/mol. The highest BCUT2D eigenvalue weighted by atomic mass is 16.4. The second-order valence-corrected chi connectivity index (χ2v) is 8.01. The standard InChI is InChI=1S/C21H38N4O4/c1-6-12-24(13-9-14-25(4,5)16-18(3)21(28)29)20(27)17(2)15-23-19(26)10-7-8-11-22/h15H,3,6-14,16,22H2,1-2,4-5H3,(H-,23,26,27,28,29)/p+1. The zero-order valence-electron chi connectivity index (χ0n) is 18.5. The maximum atomic E-state index is 12.7. The van der Waals surface area contributed by atoms with Crippen molar-refractivity contribution in [3.05, 3.63) is 23.9 Å². The number of nitrogens with one attached hydrogen (secondary N) is 1. The lowest BCUT2D eigenvalue weighted by Gasteiger charge is -2.31. The highest BCUT2D eigenvalue weighted by Crippen LogP contribution is 2.08. The molecule has 0 atom stereocenters. The molecule has 0 saturated heterocycles. The van der Waals surface area contributed by atoms with E-state index in [1.54, 1.807) is 11.8 Å². The molecule has 0 aromatic heterocycles. The molecule has 0 radical (unpaired) electrons. The Bertz CT molecular complexity index is 599. The fraction of sp³-hybridized carbons (Fsp3) is 0.667. The molecule has 0 heterocycles. The van der Waals surface area contributed by atoms with E-state index in [2.05, 4.69) is 11.9 Å². The summed E-state index contributed by atoms with van der Waals surface area (Å²) in [5.41, 5.74) is 6.08. The number of carbonyl (C=O) groups excluding carboxylic acids is 2. The van der Waals surface area contributed by atoms with E-state index in [-0.39, 0.29) is 17.4 Å². The molecule has 0 aliphatic heterocycles. The summed E-state index contributed by atoms with van der Waals surface area (Å²) >= 11 is 0. The lowest BCUT2D eigenvalue weighted by Crippen LogP contribution is -2.44. The van der Waals surface area contributed by atoms with Crippen LogP contribution in [0.2, 0.25) is 0 Å². The van der Waals surface area contributed by atoms with Crippen molar-refractivity contribution in [3.63, 3.8) is 0 Å². The first-order valence-corrected chi connectivity index (χ1v) is 10.2. The summed E-state index contributed by atoms with van der Waals surface area (Å²) < 4.78 is 0.493. The van der Waals surface area contributed by atoms with Gasteiger partial charge in [0.1, 0.15) is 6.54 Å². The summed E-state index contributed by atoms with van der Waals surface area (Å²) in [6.45, 7) is 10.1. The van der Waals surface area contributed by atoms with Crippen molar-refractivity contribution in [2.75, 3.05) is 46.8 Å². The van der Waals surface area contributed by atoms with Crippen LogP contribution in [0.25, 0.3) is 0 Å². The van der Waals surface area contributed by atoms with Gasteiger partial charge in [-0.15, -0.1) is 0 Å². The van der Waals surface area contributed by atoms with Gasteiger partial charge in [0.05, 0.1) is 26.2 Å². The van der Waals surface area contributed by atoms with E-state index in [1.165, 1.54) is 6.20 Å². The van der Waals surface area contributed by atoms with E-state index < -0.39 is 5.97 Å². The van der Waals surface area contributed by atoms with Crippen LogP contribution >= 0.6 is 0 Å². The first-order valence-electron chi connectivity index (χ1n) is 10.2. The van der Waals surface area contributed by atoms with Gasteiger partial charge in [-0.2, -0.15) is 0 Å². The van der Waals surface area contributed by atoms with Gasteiger partial charge in [0, 0.05) is 37.7 Å². The molecule has 0 aromatic carbocycles. The number of carboxylic acid groups (broad SMARTS) is 1. The van der Waals surface area contributed by atoms with Crippen LogP contribution in [-0.4, -0.2) is 79.1 Å². The third kappa shape index (κ3) is 12.1. The van der Waals surface area contributed by atoms with Gasteiger partial charge in [0.15, 0.2) is 0 Å². The molecule has 4 N–H and O–H groups in total. The number of carbonyl (C=O) groups is 3. The number of quaternary nitrogens is 1. The molecule has 0 fully saturated rings. The molecule has 166 valence electrons. The van der Waals surface area contributed by atoms with Crippen molar-refractivity contribution in [2.45, 2.75) is 46.0 Å². The minimum Gasteiger partial charge on any atom is -0.478 e. The number of nitrogens with two attached hydrogens (primary N) is 1. The molecular weight excluding hydrogens is 372 g/mol. The van der Waals surface area contributed by atoms with Crippen molar-refractivity contribution in [2.24, 2.45) is 5.73 Å². The molecular formula is C21H39N4O4+. The van der Waals surface area contributed by atoms with Crippen LogP contribution in [0.15, 0.2) is 23.9 Å². The van der Waals surface area contributed by atoms with Gasteiger partial charge in [-0.1, -0.05) is 13.5 Å². The van der Waals surface area contributed by atoms with Gasteiger partial charge in [-0.05, 0) is 32.7 Å². The topological polar surface area (TPSA) is 113 Å². The highest BCUT2D eigenvalue weighted by molar-refractivity contribution is 5.93. The van der Waals surface area contributed by atoms with Crippen molar-refractivity contribution >= 4 is 17.8 Å². The third-order valence-electron chi connectivity index (χ3n) is 4.54. The van der Waals surface area contributed by atoms with Crippen LogP contribution in [0, 0.1) is 0 Å². The largest absolute Gasteiger partial charge is 0.478 e. The lowest BCUT2D eigenvalue weighted by atomic mass is 10.2. The van der Waals surface area contributed by atoms with Gasteiger partial charge in [0.2, 0.25) is 5.91 Å². The highest BCUT2D eigenvalue weighted by Gasteiger charge is 2.21. The number of hydrogen-bond acceptors (Lipinski definition) is 4. The number of likely N-dealkylation sites (N-methyl/N-ethyl adjacent to an activating group) is 1. The second-order valence-electron chi connectivity index (χ2n) is 8.01. The fourth-order valence-electron chi connectivity index (χ4n) is 2.94. The molecule has 0 spiro atoms. The monoisotopic (exact) mass is 411 g/mol. The molecule has 0 unspecified atom stereocenters. The number of aliphatic carboxylic acids is 1. The summed E-state index contributed by atoms with van der Waals surface area (Å²) in [6.07, 6.45) is 4.97. The SMILES string of the molecule is C=C(C[N+](C)(C)CCCN(CCC)C(=O)C(C)=CNC(=O)CCCCN)C(=O)O. The smallest absolute Gasteiger partial charge is 0.336 e. The van der Waals surface area contributed by atoms with E-state index >= 15 is 0 Å². The van der Waals surface area contributed by atoms with Crippen LogP contribution in [0.5, 0.6) is 0 Å². The maximum Gasteiger partial charge on any atom is 0.336 e. The summed E-state index contributed by atoms with van der Waals surface area (Å²) in [6, 6.07) is 0. The van der Waals surface area contributed by atoms with E-state index in [9.17, 15) is 14.4 Å². The molecule has 8 nitrogen and oxygen atoms in total. The van der Waals surface area contributed by atoms with Crippen LogP contribution in [0.4, 0.5) is 0 Å². The molecule has 0 aliphatic carbocycles. The number of carboxylic acids is 1. The molecule has 0 saturated carbocycles. The summed E-state index contributed by atoms with van der Waals surface area (Å²) in [5.74, 6) is -1.20. The van der Waals surface area contributed by atoms with Gasteiger partial charge < -0.3 is 25.5 Å². The normalized spacial score (nSPS) is 11.8. The Morgan fingerprint density at radius 3 is 2.38 bits per heavy atom. The van der Waals surface area contributed by atoms with Crippen molar-refractivity contribution in [3.8, 4) is 0 Å². The van der Waals surface area contributed by atoms with Gasteiger partial charge in [-0.3, -0.25) is 9.59 Å². The van der Waals surface area contributed by atoms with Crippen molar-refractivity contribution < 1.29 is 24.0 Å². The first kappa shape index (κ1) is 26.8. The van der Waals surface area contributed by atoms with E-state index in [1.807, 2.05) is 21.0 Å². The summed E-state index contributed by atoms with van der Waals surface area (Å²) in [7, 11) is 3.90. The number of nitrogens with zero attached hydrogens (tertiary/aromatic N) is 2. The van der Waals surface area contributed by atoms with Crippen molar-refractivity contribution in [1.29, 1.82) is 0 Å². The third-order valence-corrected chi connectivity index (χ3v) is 4.54. The summed E-state index contributed by atoms with van der Waals surface area (Å²) in [5, 5.41) is 11.7. The molecule has 8 heteroatoms. The number of rotatable bonds is 15. The van der Waals surface area contributed by atoms with E-state index in [0.717, 1.165) is 32.2 Å². The number of amides is 2. The molecule has 0 aromatic rings. The van der Waals surface area contributed by atoms with Gasteiger partial charge in [0.25, 0.3) is 5.91 Å². The average Bonchev–Trinajstić information content (AvgIpc) is 2.64. The van der Waals surface area contributed by atoms with Crippen molar-refractivity contribution in [1.82, 2.24) is 10.2 Å². The van der Waals surface area contributed by atoms with Crippen LogP contribution in [0.1, 0.15) is 46.0 Å². The molecule has 2 amide bonds. The maximum absolute atomic E-state index is 12.7. The second kappa shape index (κ2) is 13.9. The van der Waals surface area contributed by atoms with Crippen LogP contribution < -0.4 is 11.1 Å². The molecule has 29 heavy (non-hydrogen) atoms. The fourth-order valence-corrected chi connectivity index (χ4v) is 2.94. The van der Waals surface area contributed by atoms with Crippen LogP contribution in [-0.2, 0) is 14.4 Å². The Morgan fingerprint density at radius 1 is 1.17 bits per heavy atom. The quantitative estimate of drug-likeness (QED) is 0.215. The van der Waals surface area contributed by atoms with E-state index in [4.69, 9.17) is 10.8 Å². The Kier molecular flexibility index (Phi) is 12.8. The lowest BCUT2D eigenvalue weighted by molar-refractivity contribution is -0.885. The van der Waals surface area contributed by atoms with E-state index in [0.29, 0.717) is 42.7 Å². The molecule has 0 bridgehead atoms. The zero-order valence-corrected chi connectivity index (χ0v) is 18.5. The Balaban J connectivity index is 4.68. The molecule has 0 rings (SSSR count). The van der Waals surface area contributed by atoms with Crippen LogP contribution in [0.3, 0.4) is 0 Å². The zero-order chi connectivity index (χ0) is 22.4. The van der Waals surface area contributed by atoms with Gasteiger partial charge >= 0.3 is 5.97 Å². The Labute approximate surface area is 175 Å². The number of hydrogen-bond donors (Lipinski definition) is 3. The summed E-state index contributed by atoms with van der Waals surface area (Å²) in [4.78, 5) is 37.3. The van der Waals surface area contributed by atoms with Gasteiger partial charge in [-0.25, -0.2) is 4.79 Å². The average molecular weight is 412 g/mol. The first-order chi connectivity index (χ1) is 13.5. The Hall–Kier alpha value is -2.19. The minimum atomic E-state index is -0.982. The number of unbranched alkanes of at least 4 members (excludes halogenated alkanes) is 1. The predicted octanol–water partition coefficient (Wildman–Crippen LogP) is 1.48. The molecule has 0 aliphatic rings.